The predicted molar refractivity (Wildman–Crippen MR) is 85.2 cm³/mol. The summed E-state index contributed by atoms with van der Waals surface area (Å²) in [4.78, 5) is 2.03. The van der Waals surface area contributed by atoms with E-state index < -0.39 is 17.6 Å². The highest BCUT2D eigenvalue weighted by Gasteiger charge is 2.34. The highest BCUT2D eigenvalue weighted by molar-refractivity contribution is 5.85. The van der Waals surface area contributed by atoms with Gasteiger partial charge in [-0.05, 0) is 69.6 Å². The quantitative estimate of drug-likeness (QED) is 0.801. The second-order valence-electron chi connectivity index (χ2n) is 5.91. The highest BCUT2D eigenvalue weighted by atomic mass is 35.5. The molecule has 1 N–H and O–H groups in total. The van der Waals surface area contributed by atoms with E-state index >= 15 is 0 Å². The molecule has 0 radical (unpaired) electrons. The lowest BCUT2D eigenvalue weighted by Gasteiger charge is -2.32. The minimum atomic E-state index is -4.51. The number of alkyl halides is 3. The van der Waals surface area contributed by atoms with E-state index in [0.717, 1.165) is 45.0 Å². The van der Waals surface area contributed by atoms with Gasteiger partial charge in [0, 0.05) is 6.54 Å². The van der Waals surface area contributed by atoms with E-state index in [1.165, 1.54) is 6.07 Å². The van der Waals surface area contributed by atoms with Gasteiger partial charge in [0.05, 0.1) is 5.56 Å². The highest BCUT2D eigenvalue weighted by Crippen LogP contribution is 2.33. The molecule has 1 aliphatic heterocycles. The summed E-state index contributed by atoms with van der Waals surface area (Å²) in [5, 5.41) is 3.12. The van der Waals surface area contributed by atoms with Crippen molar-refractivity contribution in [3.63, 3.8) is 0 Å². The van der Waals surface area contributed by atoms with Gasteiger partial charge in [0.1, 0.15) is 5.82 Å². The van der Waals surface area contributed by atoms with Crippen LogP contribution >= 0.6 is 12.4 Å². The van der Waals surface area contributed by atoms with Gasteiger partial charge in [-0.3, -0.25) is 4.90 Å². The number of nitrogens with zero attached hydrogens (tertiary/aromatic N) is 1. The maximum absolute atomic E-state index is 13.1. The Morgan fingerprint density at radius 1 is 1.22 bits per heavy atom. The van der Waals surface area contributed by atoms with Gasteiger partial charge < -0.3 is 5.32 Å². The molecule has 2 rings (SSSR count). The number of hydrogen-bond donors (Lipinski definition) is 1. The first kappa shape index (κ1) is 20.2. The Hall–Kier alpha value is -0.850. The van der Waals surface area contributed by atoms with Crippen molar-refractivity contribution >= 4 is 12.4 Å². The van der Waals surface area contributed by atoms with Crippen LogP contribution in [0.3, 0.4) is 0 Å². The van der Waals surface area contributed by atoms with Gasteiger partial charge >= 0.3 is 6.18 Å². The first-order chi connectivity index (χ1) is 10.4. The molecule has 23 heavy (non-hydrogen) atoms. The van der Waals surface area contributed by atoms with Crippen LogP contribution < -0.4 is 5.32 Å². The topological polar surface area (TPSA) is 15.3 Å². The van der Waals surface area contributed by atoms with E-state index in [1.54, 1.807) is 0 Å². The number of benzene rings is 1. The van der Waals surface area contributed by atoms with E-state index in [-0.39, 0.29) is 24.5 Å². The molecular formula is C16H23ClF4N2. The minimum absolute atomic E-state index is 0. The molecule has 1 aromatic rings. The Balaban J connectivity index is 0.00000264. The standard InChI is InChI=1S/C16H22F4N2.ClH/c1-21-7-4-12-5-8-22(9-6-12)11-13-2-3-14(17)10-15(13)16(18,19)20;/h2-3,10,12,21H,4-9,11H2,1H3;1H. The molecule has 1 aromatic carbocycles. The zero-order valence-corrected chi connectivity index (χ0v) is 13.9. The van der Waals surface area contributed by atoms with E-state index in [4.69, 9.17) is 0 Å². The Morgan fingerprint density at radius 2 is 1.87 bits per heavy atom. The van der Waals surface area contributed by atoms with Crippen molar-refractivity contribution in [1.82, 2.24) is 10.2 Å². The van der Waals surface area contributed by atoms with Crippen LogP contribution in [0, 0.1) is 11.7 Å². The van der Waals surface area contributed by atoms with Crippen molar-refractivity contribution in [1.29, 1.82) is 0 Å². The lowest BCUT2D eigenvalue weighted by atomic mass is 9.93. The van der Waals surface area contributed by atoms with E-state index in [9.17, 15) is 17.6 Å². The van der Waals surface area contributed by atoms with E-state index in [2.05, 4.69) is 5.32 Å². The maximum atomic E-state index is 13.1. The molecule has 0 aromatic heterocycles. The zero-order valence-electron chi connectivity index (χ0n) is 13.1. The Morgan fingerprint density at radius 3 is 2.43 bits per heavy atom. The fourth-order valence-electron chi connectivity index (χ4n) is 2.97. The average molecular weight is 355 g/mol. The molecule has 0 bridgehead atoms. The molecule has 0 amide bonds. The average Bonchev–Trinajstić information content (AvgIpc) is 2.47. The molecule has 1 heterocycles. The molecule has 0 atom stereocenters. The number of hydrogen-bond acceptors (Lipinski definition) is 2. The van der Waals surface area contributed by atoms with Crippen LogP contribution in [-0.2, 0) is 12.7 Å². The van der Waals surface area contributed by atoms with Crippen LogP contribution in [0.25, 0.3) is 0 Å². The van der Waals surface area contributed by atoms with Crippen LogP contribution in [0.15, 0.2) is 18.2 Å². The predicted octanol–water partition coefficient (Wildman–Crippen LogP) is 4.09. The smallest absolute Gasteiger partial charge is 0.320 e. The van der Waals surface area contributed by atoms with Gasteiger partial charge in [-0.2, -0.15) is 13.2 Å². The fraction of sp³-hybridized carbons (Fsp3) is 0.625. The minimum Gasteiger partial charge on any atom is -0.320 e. The third kappa shape index (κ3) is 5.94. The van der Waals surface area contributed by atoms with Crippen LogP contribution in [0.2, 0.25) is 0 Å². The van der Waals surface area contributed by atoms with E-state index in [0.29, 0.717) is 12.0 Å². The summed E-state index contributed by atoms with van der Waals surface area (Å²) in [5.74, 6) is -0.208. The van der Waals surface area contributed by atoms with E-state index in [1.807, 2.05) is 11.9 Å². The molecular weight excluding hydrogens is 332 g/mol. The third-order valence-electron chi connectivity index (χ3n) is 4.28. The van der Waals surface area contributed by atoms with Gasteiger partial charge in [-0.1, -0.05) is 6.07 Å². The molecule has 2 nitrogen and oxygen atoms in total. The van der Waals surface area contributed by atoms with Crippen molar-refractivity contribution in [3.05, 3.63) is 35.1 Å². The molecule has 7 heteroatoms. The second kappa shape index (κ2) is 8.85. The first-order valence-electron chi connectivity index (χ1n) is 7.62. The van der Waals surface area contributed by atoms with Crippen LogP contribution in [0.5, 0.6) is 0 Å². The molecule has 1 saturated heterocycles. The molecule has 1 aliphatic rings. The molecule has 132 valence electrons. The zero-order chi connectivity index (χ0) is 16.2. The molecule has 0 spiro atoms. The number of rotatable bonds is 5. The van der Waals surface area contributed by atoms with Crippen LogP contribution in [0.1, 0.15) is 30.4 Å². The Bertz CT molecular complexity index is 485. The summed E-state index contributed by atoms with van der Waals surface area (Å²) in [5.41, 5.74) is -0.701. The molecule has 0 unspecified atom stereocenters. The van der Waals surface area contributed by atoms with Gasteiger partial charge in [0.2, 0.25) is 0 Å². The number of piperidine rings is 1. The van der Waals surface area contributed by atoms with Crippen molar-refractivity contribution in [2.75, 3.05) is 26.7 Å². The fourth-order valence-corrected chi connectivity index (χ4v) is 2.97. The molecule has 0 aliphatic carbocycles. The Kier molecular flexibility index (Phi) is 7.77. The largest absolute Gasteiger partial charge is 0.416 e. The Labute approximate surface area is 140 Å². The van der Waals surface area contributed by atoms with Gasteiger partial charge in [0.25, 0.3) is 0 Å². The molecule has 1 fully saturated rings. The van der Waals surface area contributed by atoms with Crippen molar-refractivity contribution in [2.24, 2.45) is 5.92 Å². The summed E-state index contributed by atoms with van der Waals surface area (Å²) in [7, 11) is 1.92. The van der Waals surface area contributed by atoms with Crippen LogP contribution in [0.4, 0.5) is 17.6 Å². The lowest BCUT2D eigenvalue weighted by molar-refractivity contribution is -0.138. The number of likely N-dealkylation sites (tertiary alicyclic amines) is 1. The first-order valence-corrected chi connectivity index (χ1v) is 7.62. The normalized spacial score (nSPS) is 17.1. The SMILES string of the molecule is CNCCC1CCN(Cc2ccc(F)cc2C(F)(F)F)CC1.Cl. The second-order valence-corrected chi connectivity index (χ2v) is 5.91. The summed E-state index contributed by atoms with van der Waals surface area (Å²) in [6.07, 6.45) is -1.40. The summed E-state index contributed by atoms with van der Waals surface area (Å²) in [6.45, 7) is 2.79. The summed E-state index contributed by atoms with van der Waals surface area (Å²) in [6, 6.07) is 2.95. The number of halogens is 5. The summed E-state index contributed by atoms with van der Waals surface area (Å²) < 4.78 is 52.1. The molecule has 0 saturated carbocycles. The lowest BCUT2D eigenvalue weighted by Crippen LogP contribution is -2.34. The van der Waals surface area contributed by atoms with Crippen LogP contribution in [-0.4, -0.2) is 31.6 Å². The maximum Gasteiger partial charge on any atom is 0.416 e. The monoisotopic (exact) mass is 354 g/mol. The van der Waals surface area contributed by atoms with Gasteiger partial charge in [-0.15, -0.1) is 12.4 Å². The van der Waals surface area contributed by atoms with Crippen molar-refractivity contribution in [2.45, 2.75) is 32.0 Å². The number of nitrogens with one attached hydrogen (secondary N) is 1. The van der Waals surface area contributed by atoms with Crippen molar-refractivity contribution < 1.29 is 17.6 Å². The van der Waals surface area contributed by atoms with Gasteiger partial charge in [-0.25, -0.2) is 4.39 Å². The van der Waals surface area contributed by atoms with Gasteiger partial charge in [0.15, 0.2) is 0 Å². The van der Waals surface area contributed by atoms with Crippen molar-refractivity contribution in [3.8, 4) is 0 Å². The summed E-state index contributed by atoms with van der Waals surface area (Å²) >= 11 is 0. The third-order valence-corrected chi connectivity index (χ3v) is 4.28.